The minimum atomic E-state index is -2.21. The van der Waals surface area contributed by atoms with Crippen LogP contribution in [0, 0.1) is 0 Å². The molecule has 0 aliphatic rings. The van der Waals surface area contributed by atoms with Gasteiger partial charge in [-0.3, -0.25) is 4.79 Å². The first-order valence-electron chi connectivity index (χ1n) is 8.90. The predicted octanol–water partition coefficient (Wildman–Crippen LogP) is 5.64. The van der Waals surface area contributed by atoms with E-state index in [0.717, 1.165) is 0 Å². The first-order valence-corrected chi connectivity index (χ1v) is 9.66. The summed E-state index contributed by atoms with van der Waals surface area (Å²) in [5.41, 5.74) is -2.86. The van der Waals surface area contributed by atoms with Crippen LogP contribution in [0.5, 0.6) is 11.5 Å². The van der Waals surface area contributed by atoms with E-state index in [2.05, 4.69) is 20.2 Å². The summed E-state index contributed by atoms with van der Waals surface area (Å²) in [7, 11) is 0. The normalized spacial score (nSPS) is 13.6. The number of alkyl halides is 1. The van der Waals surface area contributed by atoms with Gasteiger partial charge in [-0.15, -0.1) is 5.10 Å². The van der Waals surface area contributed by atoms with Crippen LogP contribution in [0.15, 0.2) is 65.6 Å². The Morgan fingerprint density at radius 3 is 2.47 bits per heavy atom. The molecule has 0 fully saturated rings. The Morgan fingerprint density at radius 2 is 1.87 bits per heavy atom. The molecule has 0 unspecified atom stereocenters. The van der Waals surface area contributed by atoms with E-state index in [1.54, 1.807) is 26.0 Å². The number of aromatic amines is 1. The number of hydrogen-bond acceptors (Lipinski definition) is 5. The number of aromatic nitrogens is 4. The average molecular weight is 447 g/mol. The van der Waals surface area contributed by atoms with Gasteiger partial charge in [0.15, 0.2) is 11.5 Å². The molecule has 0 spiro atoms. The highest BCUT2D eigenvalue weighted by atomic mass is 35.5. The molecular weight excluding hydrogens is 430 g/mol. The van der Waals surface area contributed by atoms with E-state index in [-0.39, 0.29) is 33.7 Å². The molecule has 154 valence electrons. The van der Waals surface area contributed by atoms with Crippen molar-refractivity contribution < 1.29 is 9.13 Å². The SMILES string of the molecule is CC=CC(F)(C=CC)c1nc(-c2cccnn2)[nH]c(=O)c1Oc1ccc(Cl)c(Cl)c1. The van der Waals surface area contributed by atoms with Crippen molar-refractivity contribution in [3.05, 3.63) is 86.9 Å². The van der Waals surface area contributed by atoms with Crippen LogP contribution in [-0.2, 0) is 5.67 Å². The molecule has 9 heteroatoms. The minimum absolute atomic E-state index is 0.0561. The van der Waals surface area contributed by atoms with E-state index < -0.39 is 11.2 Å². The molecule has 0 bridgehead atoms. The van der Waals surface area contributed by atoms with E-state index in [4.69, 9.17) is 27.9 Å². The molecule has 0 radical (unpaired) electrons. The standard InChI is InChI=1S/C21H17Cl2FN4O2/c1-3-9-21(24,10-4-2)18-17(30-13-7-8-14(22)15(23)12-13)20(29)27-19(26-18)16-6-5-11-25-28-16/h3-12H,1-2H3,(H,26,27,29). The number of rotatable bonds is 6. The van der Waals surface area contributed by atoms with Gasteiger partial charge in [0.1, 0.15) is 17.1 Å². The summed E-state index contributed by atoms with van der Waals surface area (Å²) in [6.45, 7) is 3.32. The lowest BCUT2D eigenvalue weighted by molar-refractivity contribution is 0.286. The first-order chi connectivity index (χ1) is 14.4. The second-order valence-electron chi connectivity index (χ2n) is 6.15. The van der Waals surface area contributed by atoms with E-state index in [1.165, 1.54) is 48.7 Å². The molecule has 0 atom stereocenters. The third kappa shape index (κ3) is 4.58. The van der Waals surface area contributed by atoms with Gasteiger partial charge in [0.05, 0.1) is 10.0 Å². The summed E-state index contributed by atoms with van der Waals surface area (Å²) < 4.78 is 21.7. The molecule has 2 heterocycles. The van der Waals surface area contributed by atoms with Crippen molar-refractivity contribution in [2.75, 3.05) is 0 Å². The highest BCUT2D eigenvalue weighted by molar-refractivity contribution is 6.42. The van der Waals surface area contributed by atoms with Crippen molar-refractivity contribution in [2.24, 2.45) is 0 Å². The van der Waals surface area contributed by atoms with Crippen LogP contribution >= 0.6 is 23.2 Å². The zero-order valence-electron chi connectivity index (χ0n) is 16.1. The lowest BCUT2D eigenvalue weighted by atomic mass is 9.99. The molecule has 2 aromatic heterocycles. The summed E-state index contributed by atoms with van der Waals surface area (Å²) in [6.07, 6.45) is 7.07. The molecule has 0 aliphatic carbocycles. The molecule has 0 aliphatic heterocycles. The largest absolute Gasteiger partial charge is 0.449 e. The van der Waals surface area contributed by atoms with Gasteiger partial charge in [-0.05, 0) is 50.3 Å². The van der Waals surface area contributed by atoms with Crippen LogP contribution in [0.1, 0.15) is 19.5 Å². The number of H-pyrrole nitrogens is 1. The van der Waals surface area contributed by atoms with Crippen LogP contribution in [0.25, 0.3) is 11.5 Å². The lowest BCUT2D eigenvalue weighted by Gasteiger charge is -2.20. The summed E-state index contributed by atoms with van der Waals surface area (Å²) in [4.78, 5) is 19.8. The second-order valence-corrected chi connectivity index (χ2v) is 6.96. The number of ether oxygens (including phenoxy) is 1. The average Bonchev–Trinajstić information content (AvgIpc) is 2.73. The highest BCUT2D eigenvalue weighted by Gasteiger charge is 2.34. The number of hydrogen-bond donors (Lipinski definition) is 1. The van der Waals surface area contributed by atoms with Crippen LogP contribution < -0.4 is 10.3 Å². The number of nitrogens with one attached hydrogen (secondary N) is 1. The quantitative estimate of drug-likeness (QED) is 0.495. The maximum Gasteiger partial charge on any atom is 0.294 e. The third-order valence-corrected chi connectivity index (χ3v) is 4.72. The van der Waals surface area contributed by atoms with E-state index in [1.807, 2.05) is 0 Å². The third-order valence-electron chi connectivity index (χ3n) is 3.98. The van der Waals surface area contributed by atoms with Crippen molar-refractivity contribution in [2.45, 2.75) is 19.5 Å². The Balaban J connectivity index is 2.24. The van der Waals surface area contributed by atoms with Crippen LogP contribution in [0.4, 0.5) is 4.39 Å². The van der Waals surface area contributed by atoms with Crippen molar-refractivity contribution in [3.8, 4) is 23.0 Å². The van der Waals surface area contributed by atoms with Crippen LogP contribution in [0.2, 0.25) is 10.0 Å². The topological polar surface area (TPSA) is 80.8 Å². The van der Waals surface area contributed by atoms with Gasteiger partial charge in [-0.25, -0.2) is 9.37 Å². The van der Waals surface area contributed by atoms with Crippen LogP contribution in [0.3, 0.4) is 0 Å². The molecule has 1 N–H and O–H groups in total. The van der Waals surface area contributed by atoms with Crippen molar-refractivity contribution in [1.82, 2.24) is 20.2 Å². The number of halogens is 3. The lowest BCUT2D eigenvalue weighted by Crippen LogP contribution is -2.24. The first kappa shape index (κ1) is 21.7. The maximum absolute atomic E-state index is 16.0. The van der Waals surface area contributed by atoms with Crippen molar-refractivity contribution in [1.29, 1.82) is 0 Å². The van der Waals surface area contributed by atoms with E-state index >= 15 is 4.39 Å². The highest BCUT2D eigenvalue weighted by Crippen LogP contribution is 2.36. The molecule has 0 saturated heterocycles. The van der Waals surface area contributed by atoms with Crippen molar-refractivity contribution >= 4 is 23.2 Å². The summed E-state index contributed by atoms with van der Waals surface area (Å²) in [6, 6.07) is 7.67. The Kier molecular flexibility index (Phi) is 6.64. The molecule has 6 nitrogen and oxygen atoms in total. The van der Waals surface area contributed by atoms with Gasteiger partial charge < -0.3 is 9.72 Å². The molecule has 0 saturated carbocycles. The molecule has 3 aromatic rings. The monoisotopic (exact) mass is 446 g/mol. The fourth-order valence-corrected chi connectivity index (χ4v) is 3.01. The fourth-order valence-electron chi connectivity index (χ4n) is 2.72. The number of nitrogens with zero attached hydrogens (tertiary/aromatic N) is 3. The van der Waals surface area contributed by atoms with Gasteiger partial charge in [-0.1, -0.05) is 35.4 Å². The maximum atomic E-state index is 16.0. The summed E-state index contributed by atoms with van der Waals surface area (Å²) in [5.74, 6) is -0.0612. The second kappa shape index (κ2) is 9.19. The predicted molar refractivity (Wildman–Crippen MR) is 115 cm³/mol. The Hall–Kier alpha value is -3.03. The molecule has 3 rings (SSSR count). The Labute approximate surface area is 182 Å². The van der Waals surface area contributed by atoms with Gasteiger partial charge in [0.2, 0.25) is 5.75 Å². The van der Waals surface area contributed by atoms with Gasteiger partial charge in [0, 0.05) is 12.3 Å². The van der Waals surface area contributed by atoms with E-state index in [0.29, 0.717) is 5.02 Å². The zero-order chi connectivity index (χ0) is 21.7. The van der Waals surface area contributed by atoms with Gasteiger partial charge in [0.25, 0.3) is 5.56 Å². The Morgan fingerprint density at radius 1 is 1.13 bits per heavy atom. The Bertz CT molecular complexity index is 1150. The molecule has 0 amide bonds. The molecule has 30 heavy (non-hydrogen) atoms. The minimum Gasteiger partial charge on any atom is -0.449 e. The molecular formula is C21H17Cl2FN4O2. The van der Waals surface area contributed by atoms with Gasteiger partial charge in [-0.2, -0.15) is 5.10 Å². The number of benzene rings is 1. The number of allylic oxidation sites excluding steroid dienone is 4. The van der Waals surface area contributed by atoms with Crippen LogP contribution in [-0.4, -0.2) is 20.2 Å². The van der Waals surface area contributed by atoms with Gasteiger partial charge >= 0.3 is 0 Å². The molecule has 1 aromatic carbocycles. The van der Waals surface area contributed by atoms with Crippen molar-refractivity contribution in [3.63, 3.8) is 0 Å². The summed E-state index contributed by atoms with van der Waals surface area (Å²) in [5, 5.41) is 8.24. The van der Waals surface area contributed by atoms with E-state index in [9.17, 15) is 4.79 Å². The smallest absolute Gasteiger partial charge is 0.294 e. The fraction of sp³-hybridized carbons (Fsp3) is 0.143. The zero-order valence-corrected chi connectivity index (χ0v) is 17.6. The summed E-state index contributed by atoms with van der Waals surface area (Å²) >= 11 is 12.0.